The first-order valence-electron chi connectivity index (χ1n) is 6.21. The van der Waals surface area contributed by atoms with Crippen molar-refractivity contribution in [2.75, 3.05) is 0 Å². The van der Waals surface area contributed by atoms with Gasteiger partial charge in [0.15, 0.2) is 0 Å². The van der Waals surface area contributed by atoms with Crippen LogP contribution in [0.1, 0.15) is 26.1 Å². The average Bonchev–Trinajstić information content (AvgIpc) is 2.41. The van der Waals surface area contributed by atoms with Gasteiger partial charge in [0.05, 0.1) is 16.8 Å². The van der Waals surface area contributed by atoms with Crippen molar-refractivity contribution in [1.29, 1.82) is 0 Å². The summed E-state index contributed by atoms with van der Waals surface area (Å²) >= 11 is 5.91. The fourth-order valence-electron chi connectivity index (χ4n) is 1.95. The summed E-state index contributed by atoms with van der Waals surface area (Å²) in [4.78, 5) is 16.9. The lowest BCUT2D eigenvalue weighted by Gasteiger charge is -2.15. The maximum atomic E-state index is 12.4. The molecule has 0 amide bonds. The van der Waals surface area contributed by atoms with Crippen LogP contribution in [0, 0.1) is 5.92 Å². The zero-order valence-corrected chi connectivity index (χ0v) is 11.4. The van der Waals surface area contributed by atoms with Gasteiger partial charge in [0.1, 0.15) is 5.82 Å². The molecular formula is C14H17ClN2O. The van der Waals surface area contributed by atoms with Gasteiger partial charge in [0, 0.05) is 6.54 Å². The van der Waals surface area contributed by atoms with Crippen LogP contribution in [0.5, 0.6) is 0 Å². The zero-order valence-electron chi connectivity index (χ0n) is 10.7. The number of fused-ring (bicyclic) bond motifs is 1. The van der Waals surface area contributed by atoms with Gasteiger partial charge in [0.25, 0.3) is 5.56 Å². The molecule has 1 aromatic carbocycles. The Morgan fingerprint density at radius 2 is 2.11 bits per heavy atom. The number of aromatic nitrogens is 2. The van der Waals surface area contributed by atoms with Crippen molar-refractivity contribution in [2.24, 2.45) is 5.92 Å². The summed E-state index contributed by atoms with van der Waals surface area (Å²) < 4.78 is 1.71. The summed E-state index contributed by atoms with van der Waals surface area (Å²) in [6.07, 6.45) is 1.03. The summed E-state index contributed by atoms with van der Waals surface area (Å²) in [6.45, 7) is 4.92. The minimum Gasteiger partial charge on any atom is -0.295 e. The normalized spacial score (nSPS) is 12.8. The molecule has 0 spiro atoms. The van der Waals surface area contributed by atoms with Gasteiger partial charge in [-0.2, -0.15) is 0 Å². The first kappa shape index (κ1) is 13.1. The number of alkyl halides is 1. The third-order valence-corrected chi connectivity index (χ3v) is 3.49. The lowest BCUT2D eigenvalue weighted by atomic mass is 10.1. The number of nitrogens with zero attached hydrogens (tertiary/aromatic N) is 2. The van der Waals surface area contributed by atoms with Crippen LogP contribution >= 0.6 is 11.6 Å². The molecule has 0 saturated heterocycles. The number of hydrogen-bond donors (Lipinski definition) is 0. The molecule has 2 rings (SSSR count). The molecule has 0 fully saturated rings. The predicted molar refractivity (Wildman–Crippen MR) is 75.0 cm³/mol. The number of hydrogen-bond acceptors (Lipinski definition) is 2. The molecule has 0 aliphatic rings. The molecule has 1 atom stereocenters. The van der Waals surface area contributed by atoms with Crippen molar-refractivity contribution in [3.05, 3.63) is 40.4 Å². The Bertz CT molecular complexity index is 606. The second-order valence-electron chi connectivity index (χ2n) is 4.61. The van der Waals surface area contributed by atoms with Gasteiger partial charge in [-0.1, -0.05) is 32.4 Å². The van der Waals surface area contributed by atoms with Crippen LogP contribution in [0.4, 0.5) is 0 Å². The standard InChI is InChI=1S/C14H17ClN2O/c1-3-10(2)9-17-13(8-15)16-12-7-5-4-6-11(12)14(17)18/h4-7,10H,3,8-9H2,1-2H3. The Balaban J connectivity index is 2.63. The minimum atomic E-state index is 0.0107. The molecule has 1 aromatic heterocycles. The Morgan fingerprint density at radius 3 is 2.78 bits per heavy atom. The quantitative estimate of drug-likeness (QED) is 0.795. The second-order valence-corrected chi connectivity index (χ2v) is 4.88. The number of benzene rings is 1. The number of para-hydroxylation sites is 1. The van der Waals surface area contributed by atoms with E-state index < -0.39 is 0 Å². The molecule has 0 aliphatic heterocycles. The van der Waals surface area contributed by atoms with Crippen LogP contribution in [-0.2, 0) is 12.4 Å². The Hall–Kier alpha value is -1.35. The van der Waals surface area contributed by atoms with Crippen molar-refractivity contribution in [3.63, 3.8) is 0 Å². The highest BCUT2D eigenvalue weighted by atomic mass is 35.5. The Kier molecular flexibility index (Phi) is 4.02. The van der Waals surface area contributed by atoms with Gasteiger partial charge < -0.3 is 0 Å². The van der Waals surface area contributed by atoms with Crippen LogP contribution in [-0.4, -0.2) is 9.55 Å². The summed E-state index contributed by atoms with van der Waals surface area (Å²) in [5.74, 6) is 1.35. The van der Waals surface area contributed by atoms with Crippen LogP contribution in [0.25, 0.3) is 10.9 Å². The van der Waals surface area contributed by atoms with E-state index in [9.17, 15) is 4.79 Å². The summed E-state index contributed by atoms with van der Waals surface area (Å²) in [5.41, 5.74) is 0.732. The Morgan fingerprint density at radius 1 is 1.39 bits per heavy atom. The molecule has 0 N–H and O–H groups in total. The minimum absolute atomic E-state index is 0.0107. The van der Waals surface area contributed by atoms with Gasteiger partial charge >= 0.3 is 0 Å². The highest BCUT2D eigenvalue weighted by Crippen LogP contribution is 2.12. The van der Waals surface area contributed by atoms with Gasteiger partial charge in [-0.3, -0.25) is 9.36 Å². The number of rotatable bonds is 4. The first-order valence-corrected chi connectivity index (χ1v) is 6.75. The van der Waals surface area contributed by atoms with Crippen LogP contribution in [0.2, 0.25) is 0 Å². The van der Waals surface area contributed by atoms with E-state index >= 15 is 0 Å². The van der Waals surface area contributed by atoms with E-state index in [4.69, 9.17) is 11.6 Å². The summed E-state index contributed by atoms with van der Waals surface area (Å²) in [5, 5.41) is 0.662. The molecule has 0 radical (unpaired) electrons. The topological polar surface area (TPSA) is 34.9 Å². The van der Waals surface area contributed by atoms with Crippen molar-refractivity contribution in [3.8, 4) is 0 Å². The first-order chi connectivity index (χ1) is 8.67. The maximum absolute atomic E-state index is 12.4. The van der Waals surface area contributed by atoms with E-state index in [1.807, 2.05) is 24.3 Å². The lowest BCUT2D eigenvalue weighted by Crippen LogP contribution is -2.27. The summed E-state index contributed by atoms with van der Waals surface area (Å²) in [7, 11) is 0. The predicted octanol–water partition coefficient (Wildman–Crippen LogP) is 3.18. The fourth-order valence-corrected chi connectivity index (χ4v) is 2.15. The molecule has 18 heavy (non-hydrogen) atoms. The highest BCUT2D eigenvalue weighted by molar-refractivity contribution is 6.16. The van der Waals surface area contributed by atoms with Crippen LogP contribution in [0.15, 0.2) is 29.1 Å². The molecule has 2 aromatic rings. The van der Waals surface area contributed by atoms with E-state index in [0.29, 0.717) is 23.7 Å². The SMILES string of the molecule is CCC(C)Cn1c(CCl)nc2ccccc2c1=O. The smallest absolute Gasteiger partial charge is 0.261 e. The molecule has 0 bridgehead atoms. The second kappa shape index (κ2) is 5.53. The third-order valence-electron chi connectivity index (χ3n) is 3.25. The van der Waals surface area contributed by atoms with Crippen LogP contribution < -0.4 is 5.56 Å². The van der Waals surface area contributed by atoms with E-state index in [0.717, 1.165) is 11.9 Å². The van der Waals surface area contributed by atoms with Gasteiger partial charge in [-0.15, -0.1) is 11.6 Å². The van der Waals surface area contributed by atoms with Crippen molar-refractivity contribution < 1.29 is 0 Å². The average molecular weight is 265 g/mol. The van der Waals surface area contributed by atoms with Gasteiger partial charge in [-0.05, 0) is 18.1 Å². The lowest BCUT2D eigenvalue weighted by molar-refractivity contribution is 0.449. The van der Waals surface area contributed by atoms with Gasteiger partial charge in [-0.25, -0.2) is 4.98 Å². The molecule has 1 unspecified atom stereocenters. The highest BCUT2D eigenvalue weighted by Gasteiger charge is 2.11. The molecular weight excluding hydrogens is 248 g/mol. The monoisotopic (exact) mass is 264 g/mol. The van der Waals surface area contributed by atoms with Crippen molar-refractivity contribution >= 4 is 22.5 Å². The van der Waals surface area contributed by atoms with E-state index in [1.54, 1.807) is 4.57 Å². The fraction of sp³-hybridized carbons (Fsp3) is 0.429. The Labute approximate surface area is 111 Å². The molecule has 0 aliphatic carbocycles. The number of halogens is 1. The molecule has 0 saturated carbocycles. The van der Waals surface area contributed by atoms with E-state index in [1.165, 1.54) is 0 Å². The molecule has 3 nitrogen and oxygen atoms in total. The van der Waals surface area contributed by atoms with Crippen molar-refractivity contribution in [1.82, 2.24) is 9.55 Å². The van der Waals surface area contributed by atoms with E-state index in [-0.39, 0.29) is 11.4 Å². The third kappa shape index (κ3) is 2.41. The van der Waals surface area contributed by atoms with Gasteiger partial charge in [0.2, 0.25) is 0 Å². The largest absolute Gasteiger partial charge is 0.295 e. The van der Waals surface area contributed by atoms with Crippen molar-refractivity contribution in [2.45, 2.75) is 32.7 Å². The summed E-state index contributed by atoms with van der Waals surface area (Å²) in [6, 6.07) is 7.40. The molecule has 4 heteroatoms. The maximum Gasteiger partial charge on any atom is 0.261 e. The van der Waals surface area contributed by atoms with Crippen LogP contribution in [0.3, 0.4) is 0 Å². The molecule has 96 valence electrons. The van der Waals surface area contributed by atoms with E-state index in [2.05, 4.69) is 18.8 Å². The molecule has 1 heterocycles. The zero-order chi connectivity index (χ0) is 13.1.